The van der Waals surface area contributed by atoms with Gasteiger partial charge in [-0.05, 0) is 12.8 Å². The second-order valence-electron chi connectivity index (χ2n) is 7.56. The van der Waals surface area contributed by atoms with Crippen LogP contribution in [-0.4, -0.2) is 16.1 Å². The molecule has 0 aliphatic rings. The summed E-state index contributed by atoms with van der Waals surface area (Å²) in [6, 6.07) is 0. The number of allylic oxidation sites excluding steroid dienone is 2. The molecule has 0 saturated heterocycles. The van der Waals surface area contributed by atoms with Crippen molar-refractivity contribution in [2.75, 3.05) is 0 Å². The maximum absolute atomic E-state index is 3.51. The molecule has 110 valence electrons. The van der Waals surface area contributed by atoms with Gasteiger partial charge in [0.05, 0.1) is 8.07 Å². The largest absolute Gasteiger partial charge is 0.132 e. The minimum Gasteiger partial charge on any atom is -0.132 e. The van der Waals surface area contributed by atoms with E-state index in [1.54, 1.807) is 5.20 Å². The third-order valence-electron chi connectivity index (χ3n) is 3.15. The minimum atomic E-state index is -1.20. The Hall–Kier alpha value is -0.266. The Morgan fingerprint density at radius 1 is 0.947 bits per heavy atom. The van der Waals surface area contributed by atoms with Crippen molar-refractivity contribution in [2.24, 2.45) is 0 Å². The van der Waals surface area contributed by atoms with Gasteiger partial charge in [0.1, 0.15) is 8.07 Å². The fourth-order valence-electron chi connectivity index (χ4n) is 1.90. The highest BCUT2D eigenvalue weighted by molar-refractivity contribution is 6.84. The Morgan fingerprint density at radius 3 is 2.05 bits per heavy atom. The fraction of sp³-hybridized carbons (Fsp3) is 0.765. The molecule has 0 spiro atoms. The summed E-state index contributed by atoms with van der Waals surface area (Å²) in [5.41, 5.74) is 3.51. The van der Waals surface area contributed by atoms with Crippen LogP contribution >= 0.6 is 0 Å². The van der Waals surface area contributed by atoms with E-state index in [4.69, 9.17) is 0 Å². The molecule has 0 saturated carbocycles. The van der Waals surface area contributed by atoms with Crippen LogP contribution < -0.4 is 0 Å². The molecule has 0 heterocycles. The van der Waals surface area contributed by atoms with Crippen LogP contribution in [0.5, 0.6) is 0 Å². The quantitative estimate of drug-likeness (QED) is 0.305. The van der Waals surface area contributed by atoms with Crippen molar-refractivity contribution in [3.05, 3.63) is 11.3 Å². The Balaban J connectivity index is 4.47. The van der Waals surface area contributed by atoms with Gasteiger partial charge in [-0.15, -0.1) is 11.5 Å². The lowest BCUT2D eigenvalue weighted by Gasteiger charge is -2.19. The van der Waals surface area contributed by atoms with Gasteiger partial charge >= 0.3 is 0 Å². The lowest BCUT2D eigenvalue weighted by atomic mass is 10.1. The predicted octanol–water partition coefficient (Wildman–Crippen LogP) is 6.03. The van der Waals surface area contributed by atoms with E-state index in [0.29, 0.717) is 0 Å². The summed E-state index contributed by atoms with van der Waals surface area (Å²) in [6.45, 7) is 16.6. The number of hydrogen-bond donors (Lipinski definition) is 0. The van der Waals surface area contributed by atoms with Gasteiger partial charge in [0, 0.05) is 6.42 Å². The van der Waals surface area contributed by atoms with Gasteiger partial charge in [-0.3, -0.25) is 0 Å². The molecule has 0 aliphatic heterocycles. The van der Waals surface area contributed by atoms with Crippen LogP contribution in [0, 0.1) is 11.5 Å². The molecule has 0 bridgehead atoms. The van der Waals surface area contributed by atoms with Crippen LogP contribution in [0.1, 0.15) is 45.4 Å². The summed E-state index contributed by atoms with van der Waals surface area (Å²) in [6.07, 6.45) is 10.2. The molecule has 0 aliphatic carbocycles. The molecule has 0 radical (unpaired) electrons. The van der Waals surface area contributed by atoms with Crippen LogP contribution in [0.4, 0.5) is 0 Å². The molecule has 0 N–H and O–H groups in total. The van der Waals surface area contributed by atoms with Crippen molar-refractivity contribution in [1.29, 1.82) is 0 Å². The molecule has 2 heteroatoms. The fourth-order valence-corrected chi connectivity index (χ4v) is 3.89. The molecule has 0 unspecified atom stereocenters. The smallest absolute Gasteiger partial charge is 0.129 e. The van der Waals surface area contributed by atoms with E-state index in [0.717, 1.165) is 6.42 Å². The first kappa shape index (κ1) is 18.7. The molecule has 0 atom stereocenters. The highest BCUT2D eigenvalue weighted by atomic mass is 28.3. The van der Waals surface area contributed by atoms with Crippen LogP contribution in [0.3, 0.4) is 0 Å². The van der Waals surface area contributed by atoms with Gasteiger partial charge in [0.25, 0.3) is 0 Å². The molecule has 0 fully saturated rings. The zero-order valence-corrected chi connectivity index (χ0v) is 16.3. The van der Waals surface area contributed by atoms with Crippen molar-refractivity contribution >= 4 is 16.1 Å². The summed E-state index contributed by atoms with van der Waals surface area (Å²) < 4.78 is 0. The summed E-state index contributed by atoms with van der Waals surface area (Å²) in [5, 5.41) is 1.66. The molecule has 0 nitrogen and oxygen atoms in total. The van der Waals surface area contributed by atoms with E-state index in [1.807, 2.05) is 0 Å². The van der Waals surface area contributed by atoms with Crippen LogP contribution in [-0.2, 0) is 0 Å². The van der Waals surface area contributed by atoms with E-state index in [-0.39, 0.29) is 0 Å². The average molecular weight is 295 g/mol. The van der Waals surface area contributed by atoms with Crippen molar-refractivity contribution < 1.29 is 0 Å². The highest BCUT2D eigenvalue weighted by Gasteiger charge is 2.18. The summed E-state index contributed by atoms with van der Waals surface area (Å²) in [7, 11) is -2.38. The van der Waals surface area contributed by atoms with Gasteiger partial charge in [0.2, 0.25) is 0 Å². The lowest BCUT2D eigenvalue weighted by Crippen LogP contribution is -2.24. The van der Waals surface area contributed by atoms with E-state index in [1.165, 1.54) is 32.1 Å². The monoisotopic (exact) mass is 294 g/mol. The Kier molecular flexibility index (Phi) is 8.69. The highest BCUT2D eigenvalue weighted by Crippen LogP contribution is 2.19. The van der Waals surface area contributed by atoms with E-state index in [9.17, 15) is 0 Å². The van der Waals surface area contributed by atoms with Gasteiger partial charge in [-0.1, -0.05) is 76.7 Å². The molecule has 0 amide bonds. The first-order chi connectivity index (χ1) is 8.67. The van der Waals surface area contributed by atoms with Crippen LogP contribution in [0.25, 0.3) is 0 Å². The number of hydrogen-bond acceptors (Lipinski definition) is 0. The molecular formula is C17H34Si2. The van der Waals surface area contributed by atoms with E-state index < -0.39 is 16.1 Å². The SMILES string of the molecule is CCCCCC/C=C(/CC#C[Si](C)(C)C)[Si](C)(C)C. The second kappa shape index (κ2) is 8.82. The normalized spacial score (nSPS) is 13.1. The Bertz CT molecular complexity index is 329. The van der Waals surface area contributed by atoms with Gasteiger partial charge < -0.3 is 0 Å². The average Bonchev–Trinajstić information content (AvgIpc) is 2.23. The standard InChI is InChI=1S/C17H34Si2/c1-8-9-10-11-12-14-17(19(5,6)7)15-13-16-18(2,3)4/h14H,8-12,15H2,1-7H3/b17-14-. The maximum atomic E-state index is 3.51. The third kappa shape index (κ3) is 11.3. The topological polar surface area (TPSA) is 0 Å². The molecular weight excluding hydrogens is 260 g/mol. The van der Waals surface area contributed by atoms with Crippen LogP contribution in [0.2, 0.25) is 39.3 Å². The molecule has 0 rings (SSSR count). The lowest BCUT2D eigenvalue weighted by molar-refractivity contribution is 0.673. The van der Waals surface area contributed by atoms with Crippen molar-refractivity contribution in [3.8, 4) is 11.5 Å². The van der Waals surface area contributed by atoms with Gasteiger partial charge in [0.15, 0.2) is 0 Å². The predicted molar refractivity (Wildman–Crippen MR) is 95.9 cm³/mol. The summed E-state index contributed by atoms with van der Waals surface area (Å²) >= 11 is 0. The van der Waals surface area contributed by atoms with Crippen molar-refractivity contribution in [2.45, 2.75) is 84.7 Å². The Morgan fingerprint density at radius 2 is 1.58 bits per heavy atom. The maximum Gasteiger partial charge on any atom is 0.129 e. The van der Waals surface area contributed by atoms with E-state index >= 15 is 0 Å². The molecule has 19 heavy (non-hydrogen) atoms. The summed E-state index contributed by atoms with van der Waals surface area (Å²) in [5.74, 6) is 3.46. The number of unbranched alkanes of at least 4 members (excludes halogenated alkanes) is 4. The number of rotatable bonds is 7. The zero-order chi connectivity index (χ0) is 14.9. The molecule has 0 aromatic heterocycles. The van der Waals surface area contributed by atoms with Crippen molar-refractivity contribution in [3.63, 3.8) is 0 Å². The van der Waals surface area contributed by atoms with Gasteiger partial charge in [-0.25, -0.2) is 0 Å². The summed E-state index contributed by atoms with van der Waals surface area (Å²) in [4.78, 5) is 0. The molecule has 0 aromatic carbocycles. The van der Waals surface area contributed by atoms with Gasteiger partial charge in [-0.2, -0.15) is 0 Å². The Labute approximate surface area is 124 Å². The zero-order valence-electron chi connectivity index (χ0n) is 14.3. The van der Waals surface area contributed by atoms with Crippen molar-refractivity contribution in [1.82, 2.24) is 0 Å². The minimum absolute atomic E-state index is 1.02. The van der Waals surface area contributed by atoms with Crippen LogP contribution in [0.15, 0.2) is 11.3 Å². The third-order valence-corrected chi connectivity index (χ3v) is 6.39. The second-order valence-corrected chi connectivity index (χ2v) is 17.4. The molecule has 0 aromatic rings. The first-order valence-electron chi connectivity index (χ1n) is 7.86. The first-order valence-corrected chi connectivity index (χ1v) is 14.9. The van der Waals surface area contributed by atoms with E-state index in [2.05, 4.69) is 63.7 Å².